The average Bonchev–Trinajstić information content (AvgIpc) is 3.02. The largest absolute Gasteiger partial charge is 0.291 e. The fraction of sp³-hybridized carbons (Fsp3) is 0.280. The molecule has 3 nitrogen and oxygen atoms in total. The van der Waals surface area contributed by atoms with Crippen molar-refractivity contribution in [2.75, 3.05) is 0 Å². The second kappa shape index (κ2) is 7.80. The molecule has 0 radical (unpaired) electrons. The SMILES string of the molecule is Cc1ccc(-c2c(C)sc3nc(C(C)C)n(Cc4cccc(F)c4)c(=O)c23)cc1C. The summed E-state index contributed by atoms with van der Waals surface area (Å²) in [4.78, 5) is 20.5. The van der Waals surface area contributed by atoms with Gasteiger partial charge in [-0.05, 0) is 55.2 Å². The normalized spacial score (nSPS) is 11.6. The van der Waals surface area contributed by atoms with Crippen LogP contribution < -0.4 is 5.56 Å². The summed E-state index contributed by atoms with van der Waals surface area (Å²) in [5, 5.41) is 0.654. The zero-order valence-corrected chi connectivity index (χ0v) is 18.7. The van der Waals surface area contributed by atoms with Crippen molar-refractivity contribution in [2.24, 2.45) is 0 Å². The van der Waals surface area contributed by atoms with Crippen molar-refractivity contribution in [1.29, 1.82) is 0 Å². The highest BCUT2D eigenvalue weighted by Crippen LogP contribution is 2.37. The number of thiophene rings is 1. The predicted molar refractivity (Wildman–Crippen MR) is 123 cm³/mol. The topological polar surface area (TPSA) is 34.9 Å². The van der Waals surface area contributed by atoms with Gasteiger partial charge in [-0.15, -0.1) is 11.3 Å². The smallest absolute Gasteiger partial charge is 0.263 e. The summed E-state index contributed by atoms with van der Waals surface area (Å²) < 4.78 is 15.4. The van der Waals surface area contributed by atoms with Gasteiger partial charge in [0.1, 0.15) is 16.5 Å². The Labute approximate surface area is 179 Å². The summed E-state index contributed by atoms with van der Waals surface area (Å²) in [6, 6.07) is 12.7. The highest BCUT2D eigenvalue weighted by Gasteiger charge is 2.21. The molecule has 2 aromatic carbocycles. The zero-order valence-electron chi connectivity index (χ0n) is 17.9. The molecule has 30 heavy (non-hydrogen) atoms. The fourth-order valence-electron chi connectivity index (χ4n) is 3.87. The summed E-state index contributed by atoms with van der Waals surface area (Å²) in [7, 11) is 0. The molecule has 0 unspecified atom stereocenters. The lowest BCUT2D eigenvalue weighted by Crippen LogP contribution is -2.26. The van der Waals surface area contributed by atoms with Gasteiger partial charge in [-0.1, -0.05) is 44.2 Å². The maximum Gasteiger partial charge on any atom is 0.263 e. The minimum Gasteiger partial charge on any atom is -0.291 e. The molecule has 4 aromatic rings. The fourth-order valence-corrected chi connectivity index (χ4v) is 4.91. The Kier molecular flexibility index (Phi) is 5.33. The Balaban J connectivity index is 1.99. The molecule has 0 amide bonds. The molecule has 0 aliphatic rings. The number of rotatable bonds is 4. The van der Waals surface area contributed by atoms with E-state index in [9.17, 15) is 9.18 Å². The number of fused-ring (bicyclic) bond motifs is 1. The standard InChI is InChI=1S/C25H25FN2OS/c1-14(2)23-27-24-22(25(29)28(23)13-18-7-6-8-20(26)12-18)21(17(5)30-24)19-10-9-15(3)16(4)11-19/h6-12,14H,13H2,1-5H3. The van der Waals surface area contributed by atoms with E-state index >= 15 is 0 Å². The first-order valence-electron chi connectivity index (χ1n) is 10.1. The van der Waals surface area contributed by atoms with Gasteiger partial charge in [0.2, 0.25) is 0 Å². The molecule has 0 aliphatic carbocycles. The van der Waals surface area contributed by atoms with Gasteiger partial charge in [-0.3, -0.25) is 9.36 Å². The first-order valence-corrected chi connectivity index (χ1v) is 10.9. The van der Waals surface area contributed by atoms with E-state index in [0.29, 0.717) is 11.9 Å². The molecule has 4 rings (SSSR count). The first-order chi connectivity index (χ1) is 14.3. The van der Waals surface area contributed by atoms with E-state index in [1.54, 1.807) is 22.0 Å². The quantitative estimate of drug-likeness (QED) is 0.385. The van der Waals surface area contributed by atoms with Gasteiger partial charge in [0.05, 0.1) is 11.9 Å². The number of hydrogen-bond donors (Lipinski definition) is 0. The van der Waals surface area contributed by atoms with Crippen molar-refractivity contribution in [2.45, 2.75) is 47.1 Å². The molecule has 0 saturated heterocycles. The number of aryl methyl sites for hydroxylation is 3. The van der Waals surface area contributed by atoms with Crippen molar-refractivity contribution in [3.05, 3.63) is 86.0 Å². The van der Waals surface area contributed by atoms with Crippen LogP contribution in [0.3, 0.4) is 0 Å². The number of aromatic nitrogens is 2. The third kappa shape index (κ3) is 3.58. The van der Waals surface area contributed by atoms with Gasteiger partial charge in [-0.2, -0.15) is 0 Å². The Bertz CT molecular complexity index is 1320. The van der Waals surface area contributed by atoms with E-state index in [1.165, 1.54) is 23.3 Å². The minimum atomic E-state index is -0.303. The van der Waals surface area contributed by atoms with Crippen LogP contribution in [0, 0.1) is 26.6 Å². The summed E-state index contributed by atoms with van der Waals surface area (Å²) in [5.74, 6) is 0.496. The number of halogens is 1. The van der Waals surface area contributed by atoms with E-state index in [-0.39, 0.29) is 17.3 Å². The van der Waals surface area contributed by atoms with Crippen LogP contribution >= 0.6 is 11.3 Å². The van der Waals surface area contributed by atoms with Crippen LogP contribution in [-0.2, 0) is 6.54 Å². The van der Waals surface area contributed by atoms with Gasteiger partial charge >= 0.3 is 0 Å². The van der Waals surface area contributed by atoms with E-state index in [0.717, 1.165) is 32.2 Å². The maximum atomic E-state index is 13.7. The highest BCUT2D eigenvalue weighted by atomic mass is 32.1. The van der Waals surface area contributed by atoms with Crippen molar-refractivity contribution >= 4 is 21.6 Å². The summed E-state index contributed by atoms with van der Waals surface area (Å²) in [6.07, 6.45) is 0. The van der Waals surface area contributed by atoms with Crippen LogP contribution in [0.25, 0.3) is 21.3 Å². The lowest BCUT2D eigenvalue weighted by Gasteiger charge is -2.15. The van der Waals surface area contributed by atoms with Crippen LogP contribution in [0.15, 0.2) is 47.3 Å². The summed E-state index contributed by atoms with van der Waals surface area (Å²) in [5.41, 5.74) is 5.09. The van der Waals surface area contributed by atoms with Gasteiger partial charge < -0.3 is 0 Å². The molecule has 5 heteroatoms. The molecule has 0 bridgehead atoms. The second-order valence-electron chi connectivity index (χ2n) is 8.16. The van der Waals surface area contributed by atoms with Crippen molar-refractivity contribution in [1.82, 2.24) is 9.55 Å². The summed E-state index contributed by atoms with van der Waals surface area (Å²) in [6.45, 7) is 10.6. The van der Waals surface area contributed by atoms with E-state index in [2.05, 4.69) is 32.0 Å². The number of nitrogens with zero attached hydrogens (tertiary/aromatic N) is 2. The molecule has 0 aliphatic heterocycles. The summed E-state index contributed by atoms with van der Waals surface area (Å²) >= 11 is 1.56. The molecule has 2 aromatic heterocycles. The maximum absolute atomic E-state index is 13.7. The van der Waals surface area contributed by atoms with E-state index in [4.69, 9.17) is 4.98 Å². The van der Waals surface area contributed by atoms with E-state index in [1.807, 2.05) is 26.8 Å². The minimum absolute atomic E-state index is 0.0643. The Morgan fingerprint density at radius 3 is 2.50 bits per heavy atom. The Morgan fingerprint density at radius 1 is 1.07 bits per heavy atom. The molecule has 0 saturated carbocycles. The van der Waals surface area contributed by atoms with Crippen molar-refractivity contribution < 1.29 is 4.39 Å². The van der Waals surface area contributed by atoms with Gasteiger partial charge in [-0.25, -0.2) is 9.37 Å². The second-order valence-corrected chi connectivity index (χ2v) is 9.36. The molecule has 0 spiro atoms. The lowest BCUT2D eigenvalue weighted by molar-refractivity contribution is 0.612. The zero-order chi connectivity index (χ0) is 21.6. The number of benzene rings is 2. The Hall–Kier alpha value is -2.79. The van der Waals surface area contributed by atoms with Crippen LogP contribution in [-0.4, -0.2) is 9.55 Å². The molecule has 2 heterocycles. The van der Waals surface area contributed by atoms with Gasteiger partial charge in [0.15, 0.2) is 0 Å². The van der Waals surface area contributed by atoms with Crippen LogP contribution in [0.4, 0.5) is 4.39 Å². The van der Waals surface area contributed by atoms with E-state index < -0.39 is 0 Å². The van der Waals surface area contributed by atoms with Crippen molar-refractivity contribution in [3.63, 3.8) is 0 Å². The third-order valence-corrected chi connectivity index (χ3v) is 6.56. The predicted octanol–water partition coefficient (Wildman–Crippen LogP) is 6.36. The van der Waals surface area contributed by atoms with Gasteiger partial charge in [0.25, 0.3) is 5.56 Å². The third-order valence-electron chi connectivity index (χ3n) is 5.56. The first kappa shape index (κ1) is 20.5. The molecule has 0 atom stereocenters. The van der Waals surface area contributed by atoms with Gasteiger partial charge in [0, 0.05) is 16.4 Å². The molecule has 0 N–H and O–H groups in total. The lowest BCUT2D eigenvalue weighted by atomic mass is 9.99. The molecule has 154 valence electrons. The number of hydrogen-bond acceptors (Lipinski definition) is 3. The molecular formula is C25H25FN2OS. The monoisotopic (exact) mass is 420 g/mol. The van der Waals surface area contributed by atoms with Crippen LogP contribution in [0.5, 0.6) is 0 Å². The average molecular weight is 421 g/mol. The van der Waals surface area contributed by atoms with Crippen molar-refractivity contribution in [3.8, 4) is 11.1 Å². The highest BCUT2D eigenvalue weighted by molar-refractivity contribution is 7.19. The molecular weight excluding hydrogens is 395 g/mol. The molecule has 0 fully saturated rings. The van der Waals surface area contributed by atoms with Crippen LogP contribution in [0.1, 0.15) is 47.2 Å². The Morgan fingerprint density at radius 2 is 1.83 bits per heavy atom. The van der Waals surface area contributed by atoms with Crippen LogP contribution in [0.2, 0.25) is 0 Å².